The number of nitrogens with zero attached hydrogens (tertiary/aromatic N) is 1. The number of esters is 2. The van der Waals surface area contributed by atoms with Crippen molar-refractivity contribution >= 4 is 44.1 Å². The molecule has 1 N–H and O–H groups in total. The zero-order valence-electron chi connectivity index (χ0n) is 21.8. The molecule has 0 bridgehead atoms. The maximum Gasteiger partial charge on any atom is 0.348 e. The maximum absolute atomic E-state index is 13.3. The number of Topliss-reactive ketones (excluding diaryl/α,β-unsaturated/α-hetero) is 1. The van der Waals surface area contributed by atoms with Crippen LogP contribution in [-0.4, -0.2) is 63.3 Å². The smallest absolute Gasteiger partial charge is 0.348 e. The van der Waals surface area contributed by atoms with Crippen molar-refractivity contribution in [1.29, 1.82) is 0 Å². The number of hydrogen-bond donors (Lipinski definition) is 1. The molecule has 2 heterocycles. The molecule has 1 fully saturated rings. The van der Waals surface area contributed by atoms with E-state index < -0.39 is 22.0 Å². The summed E-state index contributed by atoms with van der Waals surface area (Å²) in [6.45, 7) is 10.1. The predicted molar refractivity (Wildman–Crippen MR) is 142 cm³/mol. The van der Waals surface area contributed by atoms with Gasteiger partial charge in [0.05, 0.1) is 30.2 Å². The van der Waals surface area contributed by atoms with Crippen molar-refractivity contribution in [3.05, 3.63) is 45.8 Å². The number of carbonyl (C=O) groups is 3. The van der Waals surface area contributed by atoms with E-state index in [-0.39, 0.29) is 58.3 Å². The minimum absolute atomic E-state index is 0.0726. The maximum atomic E-state index is 13.3. The lowest BCUT2D eigenvalue weighted by molar-refractivity contribution is 0.0527. The predicted octanol–water partition coefficient (Wildman–Crippen LogP) is 4.37. The van der Waals surface area contributed by atoms with E-state index >= 15 is 0 Å². The minimum Gasteiger partial charge on any atom is -0.462 e. The lowest BCUT2D eigenvalue weighted by Crippen LogP contribution is -2.42. The van der Waals surface area contributed by atoms with E-state index in [4.69, 9.17) is 9.47 Å². The highest BCUT2D eigenvalue weighted by molar-refractivity contribution is 7.89. The van der Waals surface area contributed by atoms with Crippen LogP contribution in [0.2, 0.25) is 0 Å². The van der Waals surface area contributed by atoms with E-state index in [1.165, 1.54) is 16.4 Å². The fourth-order valence-electron chi connectivity index (χ4n) is 4.52. The number of nitrogens with one attached hydrogen (secondary N) is 1. The van der Waals surface area contributed by atoms with Gasteiger partial charge in [-0.15, -0.1) is 11.3 Å². The van der Waals surface area contributed by atoms with Gasteiger partial charge in [0.1, 0.15) is 9.88 Å². The molecule has 11 heteroatoms. The fraction of sp³-hybridized carbons (Fsp3) is 0.500. The summed E-state index contributed by atoms with van der Waals surface area (Å²) in [5.41, 5.74) is 0.811. The van der Waals surface area contributed by atoms with Crippen LogP contribution in [0.5, 0.6) is 0 Å². The van der Waals surface area contributed by atoms with Gasteiger partial charge in [-0.2, -0.15) is 4.31 Å². The number of carbonyl (C=O) groups excluding carboxylic acids is 3. The van der Waals surface area contributed by atoms with Gasteiger partial charge in [-0.3, -0.25) is 4.79 Å². The standard InChI is InChI=1S/C26H34N2O7S2/c1-6-34-25(30)22-18(5)23(26(31)35-7-2)36-24(22)27-13-21(29)19-9-8-10-20(12-19)37(32,33)28-14-16(3)11-17(4)15-28/h8-10,12,16-17,27H,6-7,11,13-15H2,1-5H3. The first-order valence-electron chi connectivity index (χ1n) is 12.3. The summed E-state index contributed by atoms with van der Waals surface area (Å²) in [4.78, 5) is 38.3. The van der Waals surface area contributed by atoms with Gasteiger partial charge in [-0.25, -0.2) is 18.0 Å². The molecule has 0 amide bonds. The van der Waals surface area contributed by atoms with Gasteiger partial charge >= 0.3 is 11.9 Å². The number of anilines is 1. The Balaban J connectivity index is 1.82. The van der Waals surface area contributed by atoms with Crippen LogP contribution in [0.15, 0.2) is 29.2 Å². The summed E-state index contributed by atoms with van der Waals surface area (Å²) >= 11 is 1.01. The van der Waals surface area contributed by atoms with Crippen LogP contribution in [0.1, 0.15) is 70.1 Å². The average Bonchev–Trinajstić information content (AvgIpc) is 3.18. The second-order valence-electron chi connectivity index (χ2n) is 9.27. The largest absolute Gasteiger partial charge is 0.462 e. The molecule has 1 aromatic carbocycles. The SMILES string of the molecule is CCOC(=O)c1sc(NCC(=O)c2cccc(S(=O)(=O)N3CC(C)CC(C)C3)c2)c(C(=O)OCC)c1C. The zero-order valence-corrected chi connectivity index (χ0v) is 23.5. The Morgan fingerprint density at radius 1 is 1.05 bits per heavy atom. The average molecular weight is 551 g/mol. The Kier molecular flexibility index (Phi) is 9.49. The van der Waals surface area contributed by atoms with E-state index in [1.54, 1.807) is 32.9 Å². The van der Waals surface area contributed by atoms with E-state index in [0.717, 1.165) is 17.8 Å². The second kappa shape index (κ2) is 12.2. The van der Waals surface area contributed by atoms with Gasteiger partial charge in [0, 0.05) is 18.7 Å². The number of ketones is 1. The molecule has 1 saturated heterocycles. The first-order chi connectivity index (χ1) is 17.5. The van der Waals surface area contributed by atoms with Crippen molar-refractivity contribution < 1.29 is 32.3 Å². The number of benzene rings is 1. The third-order valence-electron chi connectivity index (χ3n) is 6.13. The molecule has 0 saturated carbocycles. The van der Waals surface area contributed by atoms with Crippen molar-refractivity contribution in [2.24, 2.45) is 11.8 Å². The van der Waals surface area contributed by atoms with Crippen molar-refractivity contribution in [2.45, 2.75) is 45.9 Å². The first kappa shape index (κ1) is 28.8. The molecule has 1 aliphatic rings. The summed E-state index contributed by atoms with van der Waals surface area (Å²) in [7, 11) is -3.74. The molecule has 0 spiro atoms. The van der Waals surface area contributed by atoms with Crippen LogP contribution in [-0.2, 0) is 19.5 Å². The summed E-state index contributed by atoms with van der Waals surface area (Å²) in [6.07, 6.45) is 0.976. The molecule has 9 nitrogen and oxygen atoms in total. The highest BCUT2D eigenvalue weighted by Gasteiger charge is 2.32. The highest BCUT2D eigenvalue weighted by Crippen LogP contribution is 2.34. The summed E-state index contributed by atoms with van der Waals surface area (Å²) < 4.78 is 38.3. The molecule has 0 aliphatic carbocycles. The molecule has 2 unspecified atom stereocenters. The summed E-state index contributed by atoms with van der Waals surface area (Å²) in [5, 5.41) is 3.26. The molecule has 0 radical (unpaired) electrons. The normalized spacial score (nSPS) is 18.3. The number of ether oxygens (including phenoxy) is 2. The number of hydrogen-bond acceptors (Lipinski definition) is 9. The molecule has 1 aromatic heterocycles. The van der Waals surface area contributed by atoms with Gasteiger partial charge < -0.3 is 14.8 Å². The Bertz CT molecular complexity index is 1260. The molecule has 2 atom stereocenters. The van der Waals surface area contributed by atoms with E-state index in [1.807, 2.05) is 13.8 Å². The Labute approximate surface area is 222 Å². The van der Waals surface area contributed by atoms with Crippen LogP contribution >= 0.6 is 11.3 Å². The second-order valence-corrected chi connectivity index (χ2v) is 12.2. The van der Waals surface area contributed by atoms with Crippen molar-refractivity contribution in [3.8, 4) is 0 Å². The Morgan fingerprint density at radius 2 is 1.68 bits per heavy atom. The zero-order chi connectivity index (χ0) is 27.3. The van der Waals surface area contributed by atoms with Crippen LogP contribution in [0.3, 0.4) is 0 Å². The molecule has 1 aliphatic heterocycles. The Hall–Kier alpha value is -2.76. The van der Waals surface area contributed by atoms with Crippen molar-refractivity contribution in [1.82, 2.24) is 4.31 Å². The molecule has 37 heavy (non-hydrogen) atoms. The van der Waals surface area contributed by atoms with E-state index in [2.05, 4.69) is 5.32 Å². The lowest BCUT2D eigenvalue weighted by atomic mass is 9.94. The van der Waals surface area contributed by atoms with Gasteiger partial charge in [-0.05, 0) is 56.7 Å². The van der Waals surface area contributed by atoms with Crippen LogP contribution < -0.4 is 5.32 Å². The van der Waals surface area contributed by atoms with Crippen LogP contribution in [0.4, 0.5) is 5.00 Å². The molecule has 2 aromatic rings. The van der Waals surface area contributed by atoms with Crippen LogP contribution in [0.25, 0.3) is 0 Å². The molecule has 3 rings (SSSR count). The third-order valence-corrected chi connectivity index (χ3v) is 9.18. The van der Waals surface area contributed by atoms with E-state index in [9.17, 15) is 22.8 Å². The van der Waals surface area contributed by atoms with Gasteiger partial charge in [0.2, 0.25) is 10.0 Å². The topological polar surface area (TPSA) is 119 Å². The number of rotatable bonds is 10. The van der Waals surface area contributed by atoms with Crippen molar-refractivity contribution in [3.63, 3.8) is 0 Å². The molecular formula is C26H34N2O7S2. The van der Waals surface area contributed by atoms with Crippen molar-refractivity contribution in [2.75, 3.05) is 38.2 Å². The number of sulfonamides is 1. The number of piperidine rings is 1. The molecule has 202 valence electrons. The molecular weight excluding hydrogens is 516 g/mol. The van der Waals surface area contributed by atoms with Gasteiger partial charge in [0.25, 0.3) is 0 Å². The fourth-order valence-corrected chi connectivity index (χ4v) is 7.33. The monoisotopic (exact) mass is 550 g/mol. The van der Waals surface area contributed by atoms with Gasteiger partial charge in [-0.1, -0.05) is 26.0 Å². The minimum atomic E-state index is -3.74. The quantitative estimate of drug-likeness (QED) is 0.342. The summed E-state index contributed by atoms with van der Waals surface area (Å²) in [5.74, 6) is -1.02. The Morgan fingerprint density at radius 3 is 2.30 bits per heavy atom. The van der Waals surface area contributed by atoms with E-state index in [0.29, 0.717) is 23.7 Å². The summed E-state index contributed by atoms with van der Waals surface area (Å²) in [6, 6.07) is 5.99. The highest BCUT2D eigenvalue weighted by atomic mass is 32.2. The van der Waals surface area contributed by atoms with Gasteiger partial charge in [0.15, 0.2) is 5.78 Å². The number of thiophene rings is 1. The lowest BCUT2D eigenvalue weighted by Gasteiger charge is -2.34. The first-order valence-corrected chi connectivity index (χ1v) is 14.6. The van der Waals surface area contributed by atoms with Crippen LogP contribution in [0, 0.1) is 18.8 Å². The third kappa shape index (κ3) is 6.58.